The van der Waals surface area contributed by atoms with Crippen LogP contribution in [0.15, 0.2) is 0 Å². The second-order valence-corrected chi connectivity index (χ2v) is 6.77. The molecule has 86 valence electrons. The third-order valence-electron chi connectivity index (χ3n) is 2.90. The Hall–Kier alpha value is -0.0800. The quantitative estimate of drug-likeness (QED) is 0.728. The lowest BCUT2D eigenvalue weighted by Crippen LogP contribution is -2.24. The Morgan fingerprint density at radius 2 is 1.93 bits per heavy atom. The highest BCUT2D eigenvalue weighted by Crippen LogP contribution is 2.31. The molecular weight excluding hydrogens is 226 g/mol. The van der Waals surface area contributed by atoms with E-state index in [0.29, 0.717) is 11.8 Å². The highest BCUT2D eigenvalue weighted by atomic mass is 35.5. The van der Waals surface area contributed by atoms with E-state index < -0.39 is 0 Å². The molecule has 1 aromatic heterocycles. The molecule has 1 nitrogen and oxygen atoms in total. The molecule has 0 radical (unpaired) electrons. The van der Waals surface area contributed by atoms with E-state index >= 15 is 0 Å². The minimum atomic E-state index is 0.259. The molecule has 0 bridgehead atoms. The summed E-state index contributed by atoms with van der Waals surface area (Å²) in [5, 5.41) is 1.23. The summed E-state index contributed by atoms with van der Waals surface area (Å²) in [6, 6.07) is 0. The molecule has 3 heteroatoms. The number of aromatic nitrogens is 1. The molecule has 0 aliphatic carbocycles. The Morgan fingerprint density at radius 1 is 1.33 bits per heavy atom. The van der Waals surface area contributed by atoms with Gasteiger partial charge in [-0.3, -0.25) is 0 Å². The van der Waals surface area contributed by atoms with Crippen LogP contribution < -0.4 is 0 Å². The molecule has 0 aliphatic heterocycles. The molecule has 1 heterocycles. The monoisotopic (exact) mass is 245 g/mol. The lowest BCUT2D eigenvalue weighted by molar-refractivity contribution is 0.263. The van der Waals surface area contributed by atoms with Crippen molar-refractivity contribution in [2.75, 3.05) is 5.88 Å². The van der Waals surface area contributed by atoms with Crippen molar-refractivity contribution >= 4 is 22.9 Å². The lowest BCUT2D eigenvalue weighted by atomic mass is 9.80. The van der Waals surface area contributed by atoms with Gasteiger partial charge < -0.3 is 0 Å². The van der Waals surface area contributed by atoms with Crippen molar-refractivity contribution in [1.82, 2.24) is 4.98 Å². The Bertz CT molecular complexity index is 305. The summed E-state index contributed by atoms with van der Waals surface area (Å²) in [6.45, 7) is 10.9. The van der Waals surface area contributed by atoms with Crippen molar-refractivity contribution < 1.29 is 0 Å². The second-order valence-electron chi connectivity index (χ2n) is 5.17. The van der Waals surface area contributed by atoms with Crippen LogP contribution >= 0.6 is 22.9 Å². The third kappa shape index (κ3) is 3.46. The molecule has 0 aromatic carbocycles. The Labute approximate surface area is 102 Å². The van der Waals surface area contributed by atoms with E-state index in [-0.39, 0.29) is 5.41 Å². The van der Waals surface area contributed by atoms with Gasteiger partial charge in [0.25, 0.3) is 0 Å². The third-order valence-corrected chi connectivity index (χ3v) is 4.37. The number of halogens is 1. The van der Waals surface area contributed by atoms with Crippen molar-refractivity contribution in [2.45, 2.75) is 41.0 Å². The molecule has 0 N–H and O–H groups in total. The van der Waals surface area contributed by atoms with Crippen LogP contribution in [0.3, 0.4) is 0 Å². The van der Waals surface area contributed by atoms with Crippen LogP contribution in [0.5, 0.6) is 0 Å². The molecule has 0 aliphatic rings. The Kier molecular flexibility index (Phi) is 4.19. The van der Waals surface area contributed by atoms with Gasteiger partial charge in [0.2, 0.25) is 0 Å². The summed E-state index contributed by atoms with van der Waals surface area (Å²) in [5.74, 6) is 1.21. The van der Waals surface area contributed by atoms with Crippen molar-refractivity contribution in [3.05, 3.63) is 15.6 Å². The van der Waals surface area contributed by atoms with E-state index in [1.807, 2.05) is 0 Å². The fourth-order valence-corrected chi connectivity index (χ4v) is 3.02. The minimum absolute atomic E-state index is 0.259. The molecule has 1 rings (SSSR count). The molecule has 1 aromatic rings. The normalized spacial score (nSPS) is 14.3. The molecular formula is C12H20ClNS. The maximum Gasteiger partial charge on any atom is 0.0934 e. The fourth-order valence-electron chi connectivity index (χ4n) is 1.43. The van der Waals surface area contributed by atoms with Gasteiger partial charge in [0.15, 0.2) is 0 Å². The van der Waals surface area contributed by atoms with Crippen molar-refractivity contribution in [3.8, 4) is 0 Å². The largest absolute Gasteiger partial charge is 0.246 e. The molecule has 1 unspecified atom stereocenters. The second kappa shape index (κ2) is 4.84. The van der Waals surface area contributed by atoms with Gasteiger partial charge in [0, 0.05) is 17.2 Å². The number of hydrogen-bond acceptors (Lipinski definition) is 2. The van der Waals surface area contributed by atoms with E-state index in [0.717, 1.165) is 12.1 Å². The Balaban J connectivity index is 2.75. The molecule has 0 fully saturated rings. The average molecular weight is 246 g/mol. The van der Waals surface area contributed by atoms with Crippen LogP contribution in [0.2, 0.25) is 0 Å². The molecule has 0 saturated heterocycles. The molecule has 1 atom stereocenters. The number of rotatable bonds is 3. The summed E-state index contributed by atoms with van der Waals surface area (Å²) >= 11 is 7.83. The number of aryl methyl sites for hydroxylation is 2. The highest BCUT2D eigenvalue weighted by Gasteiger charge is 2.25. The summed E-state index contributed by atoms with van der Waals surface area (Å²) in [4.78, 5) is 5.90. The zero-order valence-corrected chi connectivity index (χ0v) is 11.8. The van der Waals surface area contributed by atoms with Crippen LogP contribution in [0, 0.1) is 25.2 Å². The van der Waals surface area contributed by atoms with E-state index in [1.54, 1.807) is 11.3 Å². The zero-order chi connectivity index (χ0) is 11.6. The predicted molar refractivity (Wildman–Crippen MR) is 69.0 cm³/mol. The number of alkyl halides is 1. The van der Waals surface area contributed by atoms with Crippen molar-refractivity contribution in [1.29, 1.82) is 0 Å². The number of hydrogen-bond donors (Lipinski definition) is 0. The zero-order valence-electron chi connectivity index (χ0n) is 10.2. The van der Waals surface area contributed by atoms with Gasteiger partial charge in [-0.15, -0.1) is 22.9 Å². The number of thiazole rings is 1. The fraction of sp³-hybridized carbons (Fsp3) is 0.750. The Morgan fingerprint density at radius 3 is 2.27 bits per heavy atom. The van der Waals surface area contributed by atoms with Crippen LogP contribution in [-0.4, -0.2) is 10.9 Å². The van der Waals surface area contributed by atoms with Gasteiger partial charge in [0.05, 0.1) is 10.7 Å². The summed E-state index contributed by atoms with van der Waals surface area (Å²) in [7, 11) is 0. The number of nitrogens with zero attached hydrogens (tertiary/aromatic N) is 1. The van der Waals surface area contributed by atoms with Crippen molar-refractivity contribution in [3.63, 3.8) is 0 Å². The first-order chi connectivity index (χ1) is 6.84. The topological polar surface area (TPSA) is 12.9 Å². The SMILES string of the molecule is Cc1nc(CC(CCl)C(C)(C)C)sc1C. The van der Waals surface area contributed by atoms with Gasteiger partial charge in [-0.2, -0.15) is 0 Å². The summed E-state index contributed by atoms with van der Waals surface area (Å²) in [5.41, 5.74) is 1.42. The van der Waals surface area contributed by atoms with Gasteiger partial charge in [-0.1, -0.05) is 20.8 Å². The minimum Gasteiger partial charge on any atom is -0.246 e. The van der Waals surface area contributed by atoms with Crippen LogP contribution in [0.4, 0.5) is 0 Å². The first-order valence-corrected chi connectivity index (χ1v) is 6.68. The van der Waals surface area contributed by atoms with Gasteiger partial charge in [-0.25, -0.2) is 4.98 Å². The van der Waals surface area contributed by atoms with Gasteiger partial charge in [0.1, 0.15) is 0 Å². The predicted octanol–water partition coefficient (Wildman–Crippen LogP) is 4.20. The molecule has 15 heavy (non-hydrogen) atoms. The smallest absolute Gasteiger partial charge is 0.0934 e. The molecule has 0 amide bonds. The van der Waals surface area contributed by atoms with E-state index in [1.165, 1.54) is 9.88 Å². The van der Waals surface area contributed by atoms with E-state index in [9.17, 15) is 0 Å². The lowest BCUT2D eigenvalue weighted by Gasteiger charge is -2.28. The maximum absolute atomic E-state index is 6.03. The van der Waals surface area contributed by atoms with E-state index in [4.69, 9.17) is 11.6 Å². The van der Waals surface area contributed by atoms with E-state index in [2.05, 4.69) is 39.6 Å². The van der Waals surface area contributed by atoms with Crippen LogP contribution in [0.1, 0.15) is 36.3 Å². The molecule has 0 saturated carbocycles. The average Bonchev–Trinajstić information content (AvgIpc) is 2.40. The molecule has 0 spiro atoms. The maximum atomic E-state index is 6.03. The van der Waals surface area contributed by atoms with Crippen molar-refractivity contribution in [2.24, 2.45) is 11.3 Å². The summed E-state index contributed by atoms with van der Waals surface area (Å²) in [6.07, 6.45) is 1.01. The van der Waals surface area contributed by atoms with Crippen LogP contribution in [-0.2, 0) is 6.42 Å². The van der Waals surface area contributed by atoms with Crippen LogP contribution in [0.25, 0.3) is 0 Å². The van der Waals surface area contributed by atoms with Gasteiger partial charge >= 0.3 is 0 Å². The first-order valence-electron chi connectivity index (χ1n) is 5.33. The highest BCUT2D eigenvalue weighted by molar-refractivity contribution is 7.11. The van der Waals surface area contributed by atoms with Gasteiger partial charge in [-0.05, 0) is 25.2 Å². The first kappa shape index (κ1) is 13.0. The standard InChI is InChI=1S/C12H20ClNS/c1-8-9(2)15-11(14-8)6-10(7-13)12(3,4)5/h10H,6-7H2,1-5H3. The summed E-state index contributed by atoms with van der Waals surface area (Å²) < 4.78 is 0.